The van der Waals surface area contributed by atoms with E-state index in [0.29, 0.717) is 13.0 Å². The van der Waals surface area contributed by atoms with Gasteiger partial charge in [-0.05, 0) is 30.0 Å². The average molecular weight is 280 g/mol. The van der Waals surface area contributed by atoms with Gasteiger partial charge in [0.25, 0.3) is 0 Å². The fourth-order valence-electron chi connectivity index (χ4n) is 1.89. The van der Waals surface area contributed by atoms with Crippen molar-refractivity contribution < 1.29 is 18.3 Å². The van der Waals surface area contributed by atoms with Gasteiger partial charge in [-0.3, -0.25) is 0 Å². The van der Waals surface area contributed by atoms with Crippen LogP contribution in [0.4, 0.5) is 8.78 Å². The van der Waals surface area contributed by atoms with Crippen molar-refractivity contribution in [2.45, 2.75) is 25.5 Å². The molecule has 0 spiro atoms. The van der Waals surface area contributed by atoms with Crippen molar-refractivity contribution in [1.82, 2.24) is 0 Å². The molecule has 3 nitrogen and oxygen atoms in total. The first-order valence-corrected chi connectivity index (χ1v) is 5.55. The fraction of sp³-hybridized carbons (Fsp3) is 0.500. The largest absolute Gasteiger partial charge is 0.492 e. The number of nitrogens with two attached hydrogens (primary N) is 1. The Hall–Kier alpha value is -0.910. The van der Waals surface area contributed by atoms with E-state index in [9.17, 15) is 8.78 Å². The normalized spacial score (nSPS) is 17.9. The van der Waals surface area contributed by atoms with Crippen molar-refractivity contribution in [3.8, 4) is 5.75 Å². The molecule has 0 saturated heterocycles. The summed E-state index contributed by atoms with van der Waals surface area (Å²) in [7, 11) is 0. The first-order chi connectivity index (χ1) is 8.15. The van der Waals surface area contributed by atoms with E-state index in [1.165, 1.54) is 0 Å². The van der Waals surface area contributed by atoms with Gasteiger partial charge in [-0.25, -0.2) is 0 Å². The molecular weight excluding hydrogens is 264 g/mol. The summed E-state index contributed by atoms with van der Waals surface area (Å²) in [5, 5.41) is 0. The van der Waals surface area contributed by atoms with Crippen LogP contribution in [0.5, 0.6) is 5.75 Å². The van der Waals surface area contributed by atoms with Gasteiger partial charge in [0.05, 0.1) is 6.61 Å². The number of alkyl halides is 2. The van der Waals surface area contributed by atoms with Gasteiger partial charge >= 0.3 is 6.61 Å². The van der Waals surface area contributed by atoms with Gasteiger partial charge in [0.2, 0.25) is 0 Å². The van der Waals surface area contributed by atoms with Crippen molar-refractivity contribution in [3.05, 3.63) is 29.3 Å². The maximum atomic E-state index is 11.8. The topological polar surface area (TPSA) is 44.5 Å². The van der Waals surface area contributed by atoms with Crippen LogP contribution in [-0.4, -0.2) is 25.9 Å². The molecular formula is C12H16ClF2NO2. The predicted molar refractivity (Wildman–Crippen MR) is 66.5 cm³/mol. The first kappa shape index (κ1) is 15.1. The quantitative estimate of drug-likeness (QED) is 0.918. The number of rotatable bonds is 4. The van der Waals surface area contributed by atoms with E-state index in [-0.39, 0.29) is 25.1 Å². The lowest BCUT2D eigenvalue weighted by Gasteiger charge is -2.22. The van der Waals surface area contributed by atoms with Gasteiger partial charge in [0.15, 0.2) is 0 Å². The smallest absolute Gasteiger partial charge is 0.345 e. The van der Waals surface area contributed by atoms with E-state index in [0.717, 1.165) is 23.3 Å². The molecule has 1 atom stereocenters. The van der Waals surface area contributed by atoms with Crippen LogP contribution in [-0.2, 0) is 17.6 Å². The van der Waals surface area contributed by atoms with Crippen LogP contribution in [0, 0.1) is 0 Å². The van der Waals surface area contributed by atoms with Gasteiger partial charge in [-0.2, -0.15) is 8.78 Å². The number of ether oxygens (including phenoxy) is 2. The minimum Gasteiger partial charge on any atom is -0.492 e. The van der Waals surface area contributed by atoms with Gasteiger partial charge in [-0.15, -0.1) is 12.4 Å². The summed E-state index contributed by atoms with van der Waals surface area (Å²) in [4.78, 5) is 0. The number of hydrogen-bond donors (Lipinski definition) is 1. The van der Waals surface area contributed by atoms with Gasteiger partial charge in [0.1, 0.15) is 12.4 Å². The van der Waals surface area contributed by atoms with Gasteiger partial charge in [0, 0.05) is 6.04 Å². The third-order valence-corrected chi connectivity index (χ3v) is 2.69. The molecule has 1 aromatic rings. The van der Waals surface area contributed by atoms with Crippen molar-refractivity contribution in [2.75, 3.05) is 13.2 Å². The molecule has 0 aromatic heterocycles. The lowest BCUT2D eigenvalue weighted by atomic mass is 10.00. The molecule has 1 aromatic carbocycles. The monoisotopic (exact) mass is 279 g/mol. The molecule has 0 radical (unpaired) electrons. The Bertz CT molecular complexity index is 390. The minimum atomic E-state index is -2.70. The highest BCUT2D eigenvalue weighted by Crippen LogP contribution is 2.25. The van der Waals surface area contributed by atoms with E-state index in [2.05, 4.69) is 4.74 Å². The average Bonchev–Trinajstić information content (AvgIpc) is 2.28. The van der Waals surface area contributed by atoms with Crippen molar-refractivity contribution >= 4 is 12.4 Å². The zero-order valence-corrected chi connectivity index (χ0v) is 10.6. The van der Waals surface area contributed by atoms with Gasteiger partial charge < -0.3 is 15.2 Å². The number of benzene rings is 1. The maximum Gasteiger partial charge on any atom is 0.345 e. The van der Waals surface area contributed by atoms with Crippen LogP contribution in [0.2, 0.25) is 0 Å². The molecule has 6 heteroatoms. The SMILES string of the molecule is Cl.NC1COc2ccc(CCOC(F)F)cc2C1. The summed E-state index contributed by atoms with van der Waals surface area (Å²) in [6.07, 6.45) is 1.23. The molecule has 18 heavy (non-hydrogen) atoms. The number of halogens is 3. The van der Waals surface area contributed by atoms with Crippen LogP contribution in [0.15, 0.2) is 18.2 Å². The molecule has 1 heterocycles. The van der Waals surface area contributed by atoms with E-state index >= 15 is 0 Å². The highest BCUT2D eigenvalue weighted by Gasteiger charge is 2.16. The summed E-state index contributed by atoms with van der Waals surface area (Å²) < 4.78 is 33.3. The highest BCUT2D eigenvalue weighted by atomic mass is 35.5. The van der Waals surface area contributed by atoms with E-state index in [4.69, 9.17) is 10.5 Å². The first-order valence-electron chi connectivity index (χ1n) is 5.55. The van der Waals surface area contributed by atoms with Crippen LogP contribution in [0.3, 0.4) is 0 Å². The second-order valence-corrected chi connectivity index (χ2v) is 4.10. The predicted octanol–water partition coefficient (Wildman–Crippen LogP) is 2.15. The van der Waals surface area contributed by atoms with Crippen molar-refractivity contribution in [2.24, 2.45) is 5.73 Å². The molecule has 0 bridgehead atoms. The lowest BCUT2D eigenvalue weighted by molar-refractivity contribution is -0.127. The lowest BCUT2D eigenvalue weighted by Crippen LogP contribution is -2.33. The van der Waals surface area contributed by atoms with Crippen LogP contribution < -0.4 is 10.5 Å². The van der Waals surface area contributed by atoms with E-state index in [1.807, 2.05) is 18.2 Å². The fourth-order valence-corrected chi connectivity index (χ4v) is 1.89. The van der Waals surface area contributed by atoms with Crippen LogP contribution in [0.25, 0.3) is 0 Å². The van der Waals surface area contributed by atoms with Crippen molar-refractivity contribution in [1.29, 1.82) is 0 Å². The molecule has 2 rings (SSSR count). The Morgan fingerprint density at radius 3 is 2.94 bits per heavy atom. The van der Waals surface area contributed by atoms with E-state index in [1.54, 1.807) is 0 Å². The third-order valence-electron chi connectivity index (χ3n) is 2.69. The summed E-state index contributed by atoms with van der Waals surface area (Å²) in [6.45, 7) is -2.16. The Kier molecular flexibility index (Phi) is 5.78. The highest BCUT2D eigenvalue weighted by molar-refractivity contribution is 5.85. The zero-order chi connectivity index (χ0) is 12.3. The molecule has 0 saturated carbocycles. The summed E-state index contributed by atoms with van der Waals surface area (Å²) in [6, 6.07) is 5.68. The standard InChI is InChI=1S/C12H15F2NO2.ClH/c13-12(14)16-4-3-8-1-2-11-9(5-8)6-10(15)7-17-11;/h1-2,5,10,12H,3-4,6-7,15H2;1H. The molecule has 102 valence electrons. The van der Waals surface area contributed by atoms with E-state index < -0.39 is 6.61 Å². The van der Waals surface area contributed by atoms with Crippen molar-refractivity contribution in [3.63, 3.8) is 0 Å². The summed E-state index contributed by atoms with van der Waals surface area (Å²) >= 11 is 0. The Morgan fingerprint density at radius 1 is 1.44 bits per heavy atom. The third kappa shape index (κ3) is 4.08. The molecule has 1 aliphatic heterocycles. The van der Waals surface area contributed by atoms with Crippen LogP contribution >= 0.6 is 12.4 Å². The van der Waals surface area contributed by atoms with Crippen LogP contribution in [0.1, 0.15) is 11.1 Å². The molecule has 1 aliphatic rings. The molecule has 0 fully saturated rings. The Labute approximate surface area is 111 Å². The van der Waals surface area contributed by atoms with Gasteiger partial charge in [-0.1, -0.05) is 12.1 Å². The maximum absolute atomic E-state index is 11.8. The number of fused-ring (bicyclic) bond motifs is 1. The summed E-state index contributed by atoms with van der Waals surface area (Å²) in [5.41, 5.74) is 7.79. The zero-order valence-electron chi connectivity index (χ0n) is 9.77. The molecule has 0 aliphatic carbocycles. The summed E-state index contributed by atoms with van der Waals surface area (Å²) in [5.74, 6) is 0.838. The molecule has 2 N–H and O–H groups in total. The molecule has 0 amide bonds. The minimum absolute atomic E-state index is 0. The molecule has 1 unspecified atom stereocenters. The Balaban J connectivity index is 0.00000162. The Morgan fingerprint density at radius 2 is 2.22 bits per heavy atom. The second kappa shape index (κ2) is 6.87. The second-order valence-electron chi connectivity index (χ2n) is 4.10. The number of hydrogen-bond acceptors (Lipinski definition) is 3.